The van der Waals surface area contributed by atoms with Gasteiger partial charge in [-0.25, -0.2) is 8.42 Å². The first kappa shape index (κ1) is 17.8. The molecular formula is C17H22N2O5S. The van der Waals surface area contributed by atoms with Crippen molar-refractivity contribution in [3.05, 3.63) is 35.2 Å². The van der Waals surface area contributed by atoms with E-state index >= 15 is 0 Å². The summed E-state index contributed by atoms with van der Waals surface area (Å²) in [6, 6.07) is 5.27. The van der Waals surface area contributed by atoms with E-state index in [-0.39, 0.29) is 10.9 Å². The van der Waals surface area contributed by atoms with Gasteiger partial charge in [-0.2, -0.15) is 4.31 Å². The molecule has 0 saturated carbocycles. The number of nitrogens with zero attached hydrogens (tertiary/aromatic N) is 2. The molecule has 3 rings (SSSR count). The number of aryl methyl sites for hydroxylation is 2. The van der Waals surface area contributed by atoms with Crippen LogP contribution in [-0.4, -0.2) is 38.6 Å². The highest BCUT2D eigenvalue weighted by Gasteiger charge is 2.39. The standard InChI is InChI=1S/C17H22N2O5S/c1-11-17(12(2)24-18-11)25(20,21)19-9-5-6-14(19)13-7-8-15(22-3)16(10-13)23-4/h7-8,10,14H,5-6,9H2,1-4H3/t14-/m0/s1. The zero-order valence-electron chi connectivity index (χ0n) is 14.8. The third kappa shape index (κ3) is 3.00. The number of aromatic nitrogens is 1. The third-order valence-corrected chi connectivity index (χ3v) is 6.68. The number of hydrogen-bond donors (Lipinski definition) is 0. The minimum Gasteiger partial charge on any atom is -0.493 e. The summed E-state index contributed by atoms with van der Waals surface area (Å²) >= 11 is 0. The van der Waals surface area contributed by atoms with E-state index in [1.807, 2.05) is 12.1 Å². The van der Waals surface area contributed by atoms with E-state index in [0.29, 0.717) is 29.5 Å². The van der Waals surface area contributed by atoms with Crippen LogP contribution in [-0.2, 0) is 10.0 Å². The van der Waals surface area contributed by atoms with Crippen molar-refractivity contribution in [3.63, 3.8) is 0 Å². The van der Waals surface area contributed by atoms with Crippen LogP contribution in [0.4, 0.5) is 0 Å². The van der Waals surface area contributed by atoms with E-state index in [1.54, 1.807) is 34.1 Å². The molecule has 1 atom stereocenters. The van der Waals surface area contributed by atoms with Gasteiger partial charge in [0.2, 0.25) is 10.0 Å². The van der Waals surface area contributed by atoms with Gasteiger partial charge in [-0.1, -0.05) is 11.2 Å². The second-order valence-corrected chi connectivity index (χ2v) is 7.87. The number of hydrogen-bond acceptors (Lipinski definition) is 6. The van der Waals surface area contributed by atoms with Crippen LogP contribution in [0.5, 0.6) is 11.5 Å². The molecule has 25 heavy (non-hydrogen) atoms. The summed E-state index contributed by atoms with van der Waals surface area (Å²) in [5.41, 5.74) is 1.26. The highest BCUT2D eigenvalue weighted by Crippen LogP contribution is 2.40. The Balaban J connectivity index is 2.01. The molecule has 0 spiro atoms. The zero-order valence-corrected chi connectivity index (χ0v) is 15.6. The summed E-state index contributed by atoms with van der Waals surface area (Å²) in [4.78, 5) is 0.167. The van der Waals surface area contributed by atoms with E-state index in [2.05, 4.69) is 5.16 Å². The third-order valence-electron chi connectivity index (χ3n) is 4.53. The van der Waals surface area contributed by atoms with Gasteiger partial charge < -0.3 is 14.0 Å². The normalized spacial score (nSPS) is 18.5. The van der Waals surface area contributed by atoms with Gasteiger partial charge in [0.1, 0.15) is 10.6 Å². The number of methoxy groups -OCH3 is 2. The van der Waals surface area contributed by atoms with Gasteiger partial charge >= 0.3 is 0 Å². The van der Waals surface area contributed by atoms with Crippen LogP contribution >= 0.6 is 0 Å². The van der Waals surface area contributed by atoms with Crippen LogP contribution in [0, 0.1) is 13.8 Å². The van der Waals surface area contributed by atoms with E-state index in [0.717, 1.165) is 18.4 Å². The van der Waals surface area contributed by atoms with Crippen LogP contribution in [0.25, 0.3) is 0 Å². The van der Waals surface area contributed by atoms with Crippen LogP contribution < -0.4 is 9.47 Å². The number of ether oxygens (including phenoxy) is 2. The van der Waals surface area contributed by atoms with Gasteiger partial charge in [0, 0.05) is 6.54 Å². The van der Waals surface area contributed by atoms with Crippen LogP contribution in [0.2, 0.25) is 0 Å². The first-order valence-electron chi connectivity index (χ1n) is 8.06. The molecule has 2 aromatic rings. The fourth-order valence-electron chi connectivity index (χ4n) is 3.38. The molecule has 1 saturated heterocycles. The van der Waals surface area contributed by atoms with Crippen molar-refractivity contribution in [3.8, 4) is 11.5 Å². The lowest BCUT2D eigenvalue weighted by Crippen LogP contribution is -2.31. The predicted molar refractivity (Wildman–Crippen MR) is 91.4 cm³/mol. The molecule has 7 nitrogen and oxygen atoms in total. The summed E-state index contributed by atoms with van der Waals surface area (Å²) in [6.07, 6.45) is 1.54. The molecule has 1 aliphatic heterocycles. The first-order valence-corrected chi connectivity index (χ1v) is 9.50. The van der Waals surface area contributed by atoms with Crippen molar-refractivity contribution < 1.29 is 22.4 Å². The van der Waals surface area contributed by atoms with Crippen LogP contribution in [0.15, 0.2) is 27.6 Å². The molecule has 2 heterocycles. The molecule has 0 N–H and O–H groups in total. The molecule has 1 fully saturated rings. The predicted octanol–water partition coefficient (Wildman–Crippen LogP) is 2.83. The monoisotopic (exact) mass is 366 g/mol. The average molecular weight is 366 g/mol. The first-order chi connectivity index (χ1) is 11.9. The second-order valence-electron chi connectivity index (χ2n) is 6.04. The zero-order chi connectivity index (χ0) is 18.2. The minimum atomic E-state index is -3.68. The highest BCUT2D eigenvalue weighted by molar-refractivity contribution is 7.89. The fraction of sp³-hybridized carbons (Fsp3) is 0.471. The highest BCUT2D eigenvalue weighted by atomic mass is 32.2. The quantitative estimate of drug-likeness (QED) is 0.809. The van der Waals surface area contributed by atoms with Crippen LogP contribution in [0.1, 0.15) is 35.9 Å². The molecule has 136 valence electrons. The van der Waals surface area contributed by atoms with Crippen LogP contribution in [0.3, 0.4) is 0 Å². The van der Waals surface area contributed by atoms with Crippen molar-refractivity contribution in [1.29, 1.82) is 0 Å². The van der Waals surface area contributed by atoms with Crippen molar-refractivity contribution in [2.24, 2.45) is 0 Å². The van der Waals surface area contributed by atoms with E-state index in [1.165, 1.54) is 4.31 Å². The summed E-state index contributed by atoms with van der Waals surface area (Å²) in [5.74, 6) is 1.52. The van der Waals surface area contributed by atoms with Gasteiger partial charge in [0.25, 0.3) is 0 Å². The number of benzene rings is 1. The average Bonchev–Trinajstić information content (AvgIpc) is 3.21. The lowest BCUT2D eigenvalue weighted by molar-refractivity contribution is 0.351. The summed E-state index contributed by atoms with van der Waals surface area (Å²) < 4.78 is 43.5. The Kier molecular flexibility index (Phi) is 4.75. The fourth-order valence-corrected chi connectivity index (χ4v) is 5.36. The molecule has 0 unspecified atom stereocenters. The van der Waals surface area contributed by atoms with E-state index in [4.69, 9.17) is 14.0 Å². The Morgan fingerprint density at radius 3 is 2.52 bits per heavy atom. The maximum Gasteiger partial charge on any atom is 0.249 e. The maximum absolute atomic E-state index is 13.2. The SMILES string of the molecule is COc1ccc([C@@H]2CCCN2S(=O)(=O)c2c(C)noc2C)cc1OC. The topological polar surface area (TPSA) is 81.9 Å². The molecule has 0 aliphatic carbocycles. The lowest BCUT2D eigenvalue weighted by atomic mass is 10.0. The number of sulfonamides is 1. The molecule has 8 heteroatoms. The maximum atomic E-state index is 13.2. The molecule has 0 amide bonds. The molecule has 1 aliphatic rings. The summed E-state index contributed by atoms with van der Waals surface area (Å²) in [7, 11) is -0.549. The van der Waals surface area contributed by atoms with Crippen molar-refractivity contribution >= 4 is 10.0 Å². The molecule has 0 bridgehead atoms. The van der Waals surface area contributed by atoms with E-state index in [9.17, 15) is 8.42 Å². The van der Waals surface area contributed by atoms with Gasteiger partial charge in [0.05, 0.1) is 20.3 Å². The Morgan fingerprint density at radius 1 is 1.20 bits per heavy atom. The Morgan fingerprint density at radius 2 is 1.92 bits per heavy atom. The Bertz CT molecular complexity index is 856. The minimum absolute atomic E-state index is 0.167. The van der Waals surface area contributed by atoms with Gasteiger partial charge in [-0.15, -0.1) is 0 Å². The number of rotatable bonds is 5. The summed E-state index contributed by atoms with van der Waals surface area (Å²) in [5, 5.41) is 3.78. The molecule has 1 aromatic heterocycles. The largest absolute Gasteiger partial charge is 0.493 e. The second kappa shape index (κ2) is 6.68. The Hall–Kier alpha value is -2.06. The molecule has 0 radical (unpaired) electrons. The van der Waals surface area contributed by atoms with Crippen molar-refractivity contribution in [2.75, 3.05) is 20.8 Å². The molecular weight excluding hydrogens is 344 g/mol. The summed E-state index contributed by atoms with van der Waals surface area (Å²) in [6.45, 7) is 3.73. The Labute approximate surface area is 147 Å². The van der Waals surface area contributed by atoms with Gasteiger partial charge in [0.15, 0.2) is 17.3 Å². The van der Waals surface area contributed by atoms with Gasteiger partial charge in [-0.05, 0) is 44.4 Å². The smallest absolute Gasteiger partial charge is 0.249 e. The molecule has 1 aromatic carbocycles. The lowest BCUT2D eigenvalue weighted by Gasteiger charge is -2.25. The van der Waals surface area contributed by atoms with Gasteiger partial charge in [-0.3, -0.25) is 0 Å². The van der Waals surface area contributed by atoms with Crippen molar-refractivity contribution in [1.82, 2.24) is 9.46 Å². The van der Waals surface area contributed by atoms with Crippen molar-refractivity contribution in [2.45, 2.75) is 37.6 Å². The van der Waals surface area contributed by atoms with E-state index < -0.39 is 10.0 Å².